The number of hydrogen-bond donors (Lipinski definition) is 1. The molecular formula is C16H9Br2F4N3O2S. The SMILES string of the molecule is NS(=O)(=O)c1cc(F)c(-c2cc(C(F)F)nn2-c2cc(Br)cc(Br)c2)cc1F. The summed E-state index contributed by atoms with van der Waals surface area (Å²) >= 11 is 6.50. The fraction of sp³-hybridized carbons (Fsp3) is 0.0625. The van der Waals surface area contributed by atoms with Gasteiger partial charge in [-0.15, -0.1) is 0 Å². The maximum atomic E-state index is 14.6. The van der Waals surface area contributed by atoms with E-state index in [9.17, 15) is 26.0 Å². The Morgan fingerprint density at radius 1 is 0.964 bits per heavy atom. The Kier molecular flexibility index (Phi) is 5.67. The second-order valence-corrected chi connectivity index (χ2v) is 8.96. The number of nitrogens with two attached hydrogens (primary N) is 1. The molecular weight excluding hydrogens is 534 g/mol. The molecule has 0 aliphatic carbocycles. The highest BCUT2D eigenvalue weighted by Gasteiger charge is 2.24. The van der Waals surface area contributed by atoms with Crippen LogP contribution in [-0.2, 0) is 10.0 Å². The van der Waals surface area contributed by atoms with Crippen molar-refractivity contribution in [1.29, 1.82) is 0 Å². The summed E-state index contributed by atoms with van der Waals surface area (Å²) in [5.74, 6) is -2.48. The van der Waals surface area contributed by atoms with E-state index in [1.807, 2.05) is 0 Å². The van der Waals surface area contributed by atoms with Gasteiger partial charge in [0.25, 0.3) is 6.43 Å². The number of aromatic nitrogens is 2. The van der Waals surface area contributed by atoms with E-state index >= 15 is 0 Å². The third kappa shape index (κ3) is 4.14. The van der Waals surface area contributed by atoms with Crippen LogP contribution in [0, 0.1) is 11.6 Å². The standard InChI is InChI=1S/C16H9Br2F4N3O2S/c17-7-1-8(18)3-9(2-7)25-14(6-13(24-25)16(21)22)10-4-12(20)15(5-11(10)19)28(23,26)27/h1-6,16H,(H2,23,26,27). The number of rotatable bonds is 4. The summed E-state index contributed by atoms with van der Waals surface area (Å²) in [4.78, 5) is -1.04. The van der Waals surface area contributed by atoms with Gasteiger partial charge in [-0.05, 0) is 36.4 Å². The Hall–Kier alpha value is -1.76. The molecule has 0 spiro atoms. The van der Waals surface area contributed by atoms with Crippen LogP contribution in [0.4, 0.5) is 17.6 Å². The Bertz CT molecular complexity index is 1160. The van der Waals surface area contributed by atoms with Gasteiger partial charge in [-0.1, -0.05) is 31.9 Å². The smallest absolute Gasteiger partial charge is 0.232 e. The van der Waals surface area contributed by atoms with Gasteiger partial charge in [-0.3, -0.25) is 0 Å². The minimum absolute atomic E-state index is 0.197. The first kappa shape index (κ1) is 21.0. The second kappa shape index (κ2) is 7.58. The van der Waals surface area contributed by atoms with Gasteiger partial charge in [-0.25, -0.2) is 35.8 Å². The van der Waals surface area contributed by atoms with Crippen LogP contribution in [0.3, 0.4) is 0 Å². The van der Waals surface area contributed by atoms with Gasteiger partial charge in [0.2, 0.25) is 10.0 Å². The predicted octanol–water partition coefficient (Wildman–Crippen LogP) is 4.93. The van der Waals surface area contributed by atoms with Crippen LogP contribution in [0.15, 0.2) is 50.2 Å². The molecule has 0 fully saturated rings. The van der Waals surface area contributed by atoms with Crippen LogP contribution in [-0.4, -0.2) is 18.2 Å². The quantitative estimate of drug-likeness (QED) is 0.475. The van der Waals surface area contributed by atoms with Gasteiger partial charge in [-0.2, -0.15) is 5.10 Å². The maximum Gasteiger partial charge on any atom is 0.282 e. The molecule has 148 valence electrons. The van der Waals surface area contributed by atoms with E-state index in [0.717, 1.165) is 10.7 Å². The number of primary sulfonamides is 1. The molecule has 3 aromatic rings. The van der Waals surface area contributed by atoms with Gasteiger partial charge < -0.3 is 0 Å². The first-order chi connectivity index (χ1) is 13.0. The fourth-order valence-electron chi connectivity index (χ4n) is 2.50. The van der Waals surface area contributed by atoms with E-state index in [1.54, 1.807) is 6.07 Å². The number of halogens is 6. The van der Waals surface area contributed by atoms with E-state index in [-0.39, 0.29) is 11.4 Å². The maximum absolute atomic E-state index is 14.6. The Balaban J connectivity index is 2.29. The van der Waals surface area contributed by atoms with Gasteiger partial charge in [0.05, 0.1) is 11.4 Å². The van der Waals surface area contributed by atoms with E-state index in [0.29, 0.717) is 21.1 Å². The molecule has 0 bridgehead atoms. The molecule has 0 amide bonds. The van der Waals surface area contributed by atoms with Gasteiger partial charge >= 0.3 is 0 Å². The molecule has 3 rings (SSSR count). The van der Waals surface area contributed by atoms with Crippen LogP contribution in [0.1, 0.15) is 12.1 Å². The number of alkyl halides is 2. The van der Waals surface area contributed by atoms with E-state index in [1.165, 1.54) is 12.1 Å². The van der Waals surface area contributed by atoms with Crippen LogP contribution >= 0.6 is 31.9 Å². The van der Waals surface area contributed by atoms with Crippen molar-refractivity contribution in [3.8, 4) is 16.9 Å². The molecule has 2 N–H and O–H groups in total. The number of sulfonamides is 1. The van der Waals surface area contributed by atoms with Gasteiger partial charge in [0.15, 0.2) is 0 Å². The average Bonchev–Trinajstić information content (AvgIpc) is 3.00. The van der Waals surface area contributed by atoms with Crippen molar-refractivity contribution in [3.63, 3.8) is 0 Å². The molecule has 0 aliphatic rings. The third-order valence-corrected chi connectivity index (χ3v) is 5.49. The Morgan fingerprint density at radius 3 is 2.11 bits per heavy atom. The molecule has 0 atom stereocenters. The minimum atomic E-state index is -4.51. The Morgan fingerprint density at radius 2 is 1.57 bits per heavy atom. The van der Waals surface area contributed by atoms with Gasteiger partial charge in [0, 0.05) is 14.5 Å². The molecule has 0 saturated heterocycles. The van der Waals surface area contributed by atoms with Crippen LogP contribution in [0.2, 0.25) is 0 Å². The normalized spacial score (nSPS) is 12.0. The van der Waals surface area contributed by atoms with E-state index in [4.69, 9.17) is 5.14 Å². The van der Waals surface area contributed by atoms with E-state index in [2.05, 4.69) is 37.0 Å². The molecule has 28 heavy (non-hydrogen) atoms. The lowest BCUT2D eigenvalue weighted by Gasteiger charge is -2.11. The van der Waals surface area contributed by atoms with Gasteiger partial charge in [0.1, 0.15) is 22.2 Å². The Labute approximate surface area is 173 Å². The topological polar surface area (TPSA) is 78.0 Å². The highest BCUT2D eigenvalue weighted by atomic mass is 79.9. The fourth-order valence-corrected chi connectivity index (χ4v) is 4.37. The largest absolute Gasteiger partial charge is 0.282 e. The molecule has 1 heterocycles. The van der Waals surface area contributed by atoms with Crippen molar-refractivity contribution >= 4 is 41.9 Å². The predicted molar refractivity (Wildman–Crippen MR) is 101 cm³/mol. The lowest BCUT2D eigenvalue weighted by molar-refractivity contribution is 0.145. The van der Waals surface area contributed by atoms with Crippen molar-refractivity contribution in [2.45, 2.75) is 11.3 Å². The molecule has 12 heteroatoms. The molecule has 2 aromatic carbocycles. The second-order valence-electron chi connectivity index (χ2n) is 5.60. The molecule has 0 saturated carbocycles. The zero-order chi connectivity index (χ0) is 20.8. The van der Waals surface area contributed by atoms with Crippen LogP contribution in [0.25, 0.3) is 16.9 Å². The van der Waals surface area contributed by atoms with Crippen molar-refractivity contribution in [3.05, 3.63) is 62.7 Å². The molecule has 0 aliphatic heterocycles. The zero-order valence-corrected chi connectivity index (χ0v) is 17.5. The highest BCUT2D eigenvalue weighted by Crippen LogP contribution is 2.33. The summed E-state index contributed by atoms with van der Waals surface area (Å²) < 4.78 is 80.1. The van der Waals surface area contributed by atoms with Crippen molar-refractivity contribution in [1.82, 2.24) is 9.78 Å². The number of benzene rings is 2. The molecule has 1 aromatic heterocycles. The van der Waals surface area contributed by atoms with Crippen molar-refractivity contribution < 1.29 is 26.0 Å². The number of nitrogens with zero attached hydrogens (tertiary/aromatic N) is 2. The monoisotopic (exact) mass is 541 g/mol. The van der Waals surface area contributed by atoms with Crippen molar-refractivity contribution in [2.75, 3.05) is 0 Å². The van der Waals surface area contributed by atoms with Crippen LogP contribution < -0.4 is 5.14 Å². The lowest BCUT2D eigenvalue weighted by Crippen LogP contribution is -2.15. The summed E-state index contributed by atoms with van der Waals surface area (Å²) in [6, 6.07) is 6.61. The zero-order valence-electron chi connectivity index (χ0n) is 13.5. The highest BCUT2D eigenvalue weighted by molar-refractivity contribution is 9.11. The van der Waals surface area contributed by atoms with Crippen molar-refractivity contribution in [2.24, 2.45) is 5.14 Å². The van der Waals surface area contributed by atoms with E-state index < -0.39 is 44.2 Å². The third-order valence-electron chi connectivity index (χ3n) is 3.65. The summed E-state index contributed by atoms with van der Waals surface area (Å²) in [6.07, 6.45) is -2.97. The first-order valence-electron chi connectivity index (χ1n) is 7.34. The lowest BCUT2D eigenvalue weighted by atomic mass is 10.1. The molecule has 0 radical (unpaired) electrons. The molecule has 5 nitrogen and oxygen atoms in total. The first-order valence-corrected chi connectivity index (χ1v) is 10.5. The summed E-state index contributed by atoms with van der Waals surface area (Å²) in [5.41, 5.74) is -1.04. The van der Waals surface area contributed by atoms with Crippen LogP contribution in [0.5, 0.6) is 0 Å². The summed E-state index contributed by atoms with van der Waals surface area (Å²) in [7, 11) is -4.51. The summed E-state index contributed by atoms with van der Waals surface area (Å²) in [6.45, 7) is 0. The average molecular weight is 543 g/mol. The number of hydrogen-bond acceptors (Lipinski definition) is 3. The summed E-state index contributed by atoms with van der Waals surface area (Å²) in [5, 5.41) is 8.63. The molecule has 0 unspecified atom stereocenters. The minimum Gasteiger partial charge on any atom is -0.232 e.